The molecule has 1 N–H and O–H groups in total. The van der Waals surface area contributed by atoms with Crippen molar-refractivity contribution in [3.05, 3.63) is 100 Å². The topological polar surface area (TPSA) is 58.6 Å². The zero-order chi connectivity index (χ0) is 23.8. The normalized spacial score (nSPS) is 11.5. The second kappa shape index (κ2) is 11.5. The molecule has 0 aliphatic carbocycles. The van der Waals surface area contributed by atoms with Crippen molar-refractivity contribution in [2.75, 3.05) is 13.7 Å². The second-order valence-corrected chi connectivity index (χ2v) is 8.52. The van der Waals surface area contributed by atoms with Crippen LogP contribution in [0.5, 0.6) is 5.75 Å². The van der Waals surface area contributed by atoms with E-state index in [-0.39, 0.29) is 25.0 Å². The van der Waals surface area contributed by atoms with Crippen LogP contribution in [0.2, 0.25) is 5.02 Å². The van der Waals surface area contributed by atoms with E-state index in [4.69, 9.17) is 16.3 Å². The van der Waals surface area contributed by atoms with Crippen LogP contribution in [0, 0.1) is 13.8 Å². The molecule has 6 heteroatoms. The number of halogens is 1. The van der Waals surface area contributed by atoms with Crippen molar-refractivity contribution in [2.24, 2.45) is 0 Å². The van der Waals surface area contributed by atoms with Crippen LogP contribution in [-0.2, 0) is 22.6 Å². The Labute approximate surface area is 200 Å². The molecule has 0 spiro atoms. The number of carbonyl (C=O) groups excluding carboxylic acids is 2. The fourth-order valence-corrected chi connectivity index (χ4v) is 3.88. The van der Waals surface area contributed by atoms with E-state index in [1.54, 1.807) is 24.1 Å². The largest absolute Gasteiger partial charge is 0.484 e. The van der Waals surface area contributed by atoms with E-state index in [2.05, 4.69) is 5.32 Å². The van der Waals surface area contributed by atoms with Crippen LogP contribution in [0.25, 0.3) is 0 Å². The summed E-state index contributed by atoms with van der Waals surface area (Å²) in [5, 5.41) is 3.32. The molecule has 0 unspecified atom stereocenters. The number of hydrogen-bond acceptors (Lipinski definition) is 3. The summed E-state index contributed by atoms with van der Waals surface area (Å²) in [5.41, 5.74) is 3.96. The molecule has 0 heterocycles. The van der Waals surface area contributed by atoms with E-state index in [1.165, 1.54) is 0 Å². The molecule has 3 rings (SSSR count). The Kier molecular flexibility index (Phi) is 8.50. The van der Waals surface area contributed by atoms with E-state index in [9.17, 15) is 9.59 Å². The minimum absolute atomic E-state index is 0.168. The summed E-state index contributed by atoms with van der Waals surface area (Å²) < 4.78 is 5.84. The predicted octanol–water partition coefficient (Wildman–Crippen LogP) is 4.72. The first-order valence-electron chi connectivity index (χ1n) is 10.9. The zero-order valence-electron chi connectivity index (χ0n) is 19.2. The van der Waals surface area contributed by atoms with Crippen LogP contribution >= 0.6 is 11.6 Å². The first kappa shape index (κ1) is 24.3. The summed E-state index contributed by atoms with van der Waals surface area (Å²) in [6, 6.07) is 22.1. The lowest BCUT2D eigenvalue weighted by atomic mass is 10.0. The summed E-state index contributed by atoms with van der Waals surface area (Å²) >= 11 is 6.03. The van der Waals surface area contributed by atoms with Crippen molar-refractivity contribution < 1.29 is 14.3 Å². The van der Waals surface area contributed by atoms with Crippen LogP contribution < -0.4 is 10.1 Å². The van der Waals surface area contributed by atoms with E-state index >= 15 is 0 Å². The predicted molar refractivity (Wildman–Crippen MR) is 131 cm³/mol. The monoisotopic (exact) mass is 464 g/mol. The van der Waals surface area contributed by atoms with Gasteiger partial charge in [-0.25, -0.2) is 0 Å². The van der Waals surface area contributed by atoms with E-state index < -0.39 is 6.04 Å². The molecule has 3 aromatic carbocycles. The average molecular weight is 465 g/mol. The third-order valence-corrected chi connectivity index (χ3v) is 5.59. The van der Waals surface area contributed by atoms with Gasteiger partial charge >= 0.3 is 0 Å². The molecular formula is C27H29ClN2O3. The molecular weight excluding hydrogens is 436 g/mol. The minimum atomic E-state index is -0.691. The number of amides is 2. The van der Waals surface area contributed by atoms with E-state index in [1.807, 2.05) is 74.5 Å². The summed E-state index contributed by atoms with van der Waals surface area (Å²) in [6.45, 7) is 4.06. The van der Waals surface area contributed by atoms with Gasteiger partial charge in [-0.15, -0.1) is 0 Å². The van der Waals surface area contributed by atoms with Gasteiger partial charge in [0.2, 0.25) is 5.91 Å². The summed E-state index contributed by atoms with van der Waals surface area (Å²) in [6.07, 6.45) is 0.392. The standard InChI is InChI=1S/C27H29ClN2O3/c1-19-13-20(2)15-24(14-19)33-18-26(31)30(17-22-9-11-23(28)12-10-22)25(27(32)29-3)16-21-7-5-4-6-8-21/h4-15,25H,16-18H2,1-3H3,(H,29,32)/t25-/m0/s1. The Morgan fingerprint density at radius 1 is 0.939 bits per heavy atom. The molecule has 0 saturated heterocycles. The van der Waals surface area contributed by atoms with E-state index in [0.717, 1.165) is 22.3 Å². The van der Waals surface area contributed by atoms with E-state index in [0.29, 0.717) is 17.2 Å². The van der Waals surface area contributed by atoms with Crippen molar-refractivity contribution in [1.29, 1.82) is 0 Å². The molecule has 0 fully saturated rings. The molecule has 2 amide bonds. The Morgan fingerprint density at radius 2 is 1.58 bits per heavy atom. The second-order valence-electron chi connectivity index (χ2n) is 8.08. The molecule has 0 bridgehead atoms. The fraction of sp³-hybridized carbons (Fsp3) is 0.259. The first-order valence-corrected chi connectivity index (χ1v) is 11.2. The van der Waals surface area contributed by atoms with Crippen LogP contribution in [0.1, 0.15) is 22.3 Å². The maximum absolute atomic E-state index is 13.4. The Morgan fingerprint density at radius 3 is 2.18 bits per heavy atom. The maximum atomic E-state index is 13.4. The molecule has 0 radical (unpaired) electrons. The Balaban J connectivity index is 1.87. The van der Waals surface area contributed by atoms with Crippen LogP contribution in [-0.4, -0.2) is 36.4 Å². The van der Waals surface area contributed by atoms with Gasteiger partial charge in [0.15, 0.2) is 6.61 Å². The first-order chi connectivity index (χ1) is 15.9. The van der Waals surface area contributed by atoms with Gasteiger partial charge in [0.1, 0.15) is 11.8 Å². The van der Waals surface area contributed by atoms with Crippen molar-refractivity contribution in [3.63, 3.8) is 0 Å². The van der Waals surface area contributed by atoms with Crippen molar-refractivity contribution >= 4 is 23.4 Å². The number of carbonyl (C=O) groups is 2. The molecule has 0 saturated carbocycles. The maximum Gasteiger partial charge on any atom is 0.261 e. The Bertz CT molecular complexity index is 1060. The molecule has 3 aromatic rings. The highest BCUT2D eigenvalue weighted by molar-refractivity contribution is 6.30. The number of likely N-dealkylation sites (N-methyl/N-ethyl adjacent to an activating group) is 1. The summed E-state index contributed by atoms with van der Waals surface area (Å²) in [7, 11) is 1.58. The molecule has 33 heavy (non-hydrogen) atoms. The third kappa shape index (κ3) is 7.09. The highest BCUT2D eigenvalue weighted by Gasteiger charge is 2.30. The van der Waals surface area contributed by atoms with Crippen molar-refractivity contribution in [3.8, 4) is 5.75 Å². The van der Waals surface area contributed by atoms with Gasteiger partial charge in [-0.1, -0.05) is 60.1 Å². The minimum Gasteiger partial charge on any atom is -0.484 e. The molecule has 172 valence electrons. The van der Waals surface area contributed by atoms with Gasteiger partial charge in [-0.2, -0.15) is 0 Å². The van der Waals surface area contributed by atoms with Gasteiger partial charge in [0.05, 0.1) is 0 Å². The number of aryl methyl sites for hydroxylation is 2. The number of hydrogen-bond donors (Lipinski definition) is 1. The zero-order valence-corrected chi connectivity index (χ0v) is 19.9. The number of ether oxygens (including phenoxy) is 1. The smallest absolute Gasteiger partial charge is 0.261 e. The van der Waals surface area contributed by atoms with Crippen LogP contribution in [0.3, 0.4) is 0 Å². The third-order valence-electron chi connectivity index (χ3n) is 5.34. The molecule has 0 aliphatic rings. The Hall–Kier alpha value is -3.31. The molecule has 1 atom stereocenters. The number of benzene rings is 3. The van der Waals surface area contributed by atoms with Gasteiger partial charge in [-0.3, -0.25) is 9.59 Å². The highest BCUT2D eigenvalue weighted by Crippen LogP contribution is 2.19. The quantitative estimate of drug-likeness (QED) is 0.498. The van der Waals surface area contributed by atoms with Gasteiger partial charge in [0.25, 0.3) is 5.91 Å². The van der Waals surface area contributed by atoms with Crippen molar-refractivity contribution in [2.45, 2.75) is 32.9 Å². The van der Waals surface area contributed by atoms with Gasteiger partial charge in [-0.05, 0) is 60.4 Å². The lowest BCUT2D eigenvalue weighted by molar-refractivity contribution is -0.142. The molecule has 5 nitrogen and oxygen atoms in total. The number of rotatable bonds is 9. The lowest BCUT2D eigenvalue weighted by Gasteiger charge is -2.31. The molecule has 0 aromatic heterocycles. The van der Waals surface area contributed by atoms with Crippen LogP contribution in [0.15, 0.2) is 72.8 Å². The summed E-state index contributed by atoms with van der Waals surface area (Å²) in [5.74, 6) is 0.132. The lowest BCUT2D eigenvalue weighted by Crippen LogP contribution is -2.51. The highest BCUT2D eigenvalue weighted by atomic mass is 35.5. The van der Waals surface area contributed by atoms with Crippen LogP contribution in [0.4, 0.5) is 0 Å². The average Bonchev–Trinajstić information content (AvgIpc) is 2.80. The summed E-state index contributed by atoms with van der Waals surface area (Å²) in [4.78, 5) is 27.9. The van der Waals surface area contributed by atoms with Gasteiger partial charge in [0, 0.05) is 25.0 Å². The van der Waals surface area contributed by atoms with Crippen molar-refractivity contribution in [1.82, 2.24) is 10.2 Å². The molecule has 0 aliphatic heterocycles. The number of nitrogens with zero attached hydrogens (tertiary/aromatic N) is 1. The number of nitrogens with one attached hydrogen (secondary N) is 1. The fourth-order valence-electron chi connectivity index (χ4n) is 3.75. The SMILES string of the molecule is CNC(=O)[C@H](Cc1ccccc1)N(Cc1ccc(Cl)cc1)C(=O)COc1cc(C)cc(C)c1. The van der Waals surface area contributed by atoms with Gasteiger partial charge < -0.3 is 15.0 Å².